The number of imide groups is 1. The van der Waals surface area contributed by atoms with Crippen LogP contribution in [-0.2, 0) is 6.54 Å². The third-order valence-electron chi connectivity index (χ3n) is 5.65. The number of carbonyl (C=O) groups is 3. The quantitative estimate of drug-likeness (QED) is 0.445. The highest BCUT2D eigenvalue weighted by molar-refractivity contribution is 6.22. The van der Waals surface area contributed by atoms with Crippen molar-refractivity contribution in [3.05, 3.63) is 89.1 Å². The van der Waals surface area contributed by atoms with E-state index < -0.39 is 17.9 Å². The Morgan fingerprint density at radius 2 is 1.88 bits per heavy atom. The summed E-state index contributed by atoms with van der Waals surface area (Å²) in [4.78, 5) is 39.5. The molecule has 1 atom stereocenters. The first-order chi connectivity index (χ1) is 16.0. The van der Waals surface area contributed by atoms with Crippen LogP contribution in [0.4, 0.5) is 0 Å². The third-order valence-corrected chi connectivity index (χ3v) is 5.65. The molecule has 2 aromatic carbocycles. The zero-order valence-corrected chi connectivity index (χ0v) is 18.0. The number of nitrogens with one attached hydrogen (secondary N) is 1. The molecule has 4 aromatic rings. The maximum absolute atomic E-state index is 12.9. The fraction of sp³-hybridized carbons (Fsp3) is 0.160. The number of ether oxygens (including phenoxy) is 1. The molecular weight excluding hydrogens is 424 g/mol. The molecular formula is C25H20N2O6. The lowest BCUT2D eigenvalue weighted by Gasteiger charge is -2.12. The standard InChI is InChI=1S/C25H20N2O6/c1-14(21-12-15-5-3-7-20(31-2)22(15)33-21)26-23(28)16-8-9-18-19(11-16)25(30)27(24(18)29)13-17-6-4-10-32-17/h3-12,14H,13H2,1-2H3,(H,26,28). The first-order valence-electron chi connectivity index (χ1n) is 10.4. The molecule has 0 spiro atoms. The van der Waals surface area contributed by atoms with Gasteiger partial charge in [-0.2, -0.15) is 0 Å². The normalized spacial score (nSPS) is 13.9. The summed E-state index contributed by atoms with van der Waals surface area (Å²) in [6, 6.07) is 14.8. The molecule has 8 heteroatoms. The van der Waals surface area contributed by atoms with Crippen LogP contribution < -0.4 is 10.1 Å². The molecule has 166 valence electrons. The van der Waals surface area contributed by atoms with Crippen molar-refractivity contribution < 1.29 is 28.0 Å². The maximum atomic E-state index is 12.9. The number of furan rings is 2. The second-order valence-corrected chi connectivity index (χ2v) is 7.76. The van der Waals surface area contributed by atoms with E-state index in [9.17, 15) is 14.4 Å². The van der Waals surface area contributed by atoms with Crippen molar-refractivity contribution in [2.45, 2.75) is 19.5 Å². The van der Waals surface area contributed by atoms with Gasteiger partial charge in [0.25, 0.3) is 17.7 Å². The number of para-hydroxylation sites is 1. The molecule has 8 nitrogen and oxygen atoms in total. The summed E-state index contributed by atoms with van der Waals surface area (Å²) < 4.78 is 16.5. The van der Waals surface area contributed by atoms with Gasteiger partial charge < -0.3 is 18.9 Å². The molecule has 0 saturated heterocycles. The molecule has 1 unspecified atom stereocenters. The van der Waals surface area contributed by atoms with Gasteiger partial charge in [0, 0.05) is 10.9 Å². The molecule has 1 aliphatic heterocycles. The Labute approximate surface area is 188 Å². The van der Waals surface area contributed by atoms with Crippen LogP contribution in [-0.4, -0.2) is 29.7 Å². The molecule has 1 aliphatic rings. The van der Waals surface area contributed by atoms with E-state index in [4.69, 9.17) is 13.6 Å². The second-order valence-electron chi connectivity index (χ2n) is 7.76. The number of hydrogen-bond donors (Lipinski definition) is 1. The van der Waals surface area contributed by atoms with Crippen molar-refractivity contribution in [3.8, 4) is 5.75 Å². The van der Waals surface area contributed by atoms with Gasteiger partial charge in [-0.3, -0.25) is 19.3 Å². The van der Waals surface area contributed by atoms with Crippen molar-refractivity contribution in [2.24, 2.45) is 0 Å². The zero-order chi connectivity index (χ0) is 23.1. The van der Waals surface area contributed by atoms with Gasteiger partial charge in [-0.25, -0.2) is 0 Å². The Balaban J connectivity index is 1.35. The van der Waals surface area contributed by atoms with Gasteiger partial charge >= 0.3 is 0 Å². The van der Waals surface area contributed by atoms with E-state index >= 15 is 0 Å². The number of fused-ring (bicyclic) bond motifs is 2. The minimum absolute atomic E-state index is 0.0351. The number of amides is 3. The molecule has 0 radical (unpaired) electrons. The number of benzene rings is 2. The first kappa shape index (κ1) is 20.6. The summed E-state index contributed by atoms with van der Waals surface area (Å²) in [6.45, 7) is 1.84. The van der Waals surface area contributed by atoms with Crippen molar-refractivity contribution in [1.29, 1.82) is 0 Å². The average molecular weight is 444 g/mol. The molecule has 3 heterocycles. The Kier molecular flexibility index (Phi) is 4.97. The number of methoxy groups -OCH3 is 1. The lowest BCUT2D eigenvalue weighted by Crippen LogP contribution is -2.29. The number of rotatable bonds is 6. The number of carbonyl (C=O) groups excluding carboxylic acids is 3. The molecule has 5 rings (SSSR count). The van der Waals surface area contributed by atoms with E-state index in [1.54, 1.807) is 32.2 Å². The summed E-state index contributed by atoms with van der Waals surface area (Å²) in [5, 5.41) is 3.74. The Morgan fingerprint density at radius 3 is 2.64 bits per heavy atom. The third kappa shape index (κ3) is 3.55. The Bertz CT molecular complexity index is 1390. The van der Waals surface area contributed by atoms with Gasteiger partial charge in [-0.05, 0) is 49.4 Å². The summed E-state index contributed by atoms with van der Waals surface area (Å²) in [6.07, 6.45) is 1.48. The minimum atomic E-state index is -0.460. The molecule has 1 N–H and O–H groups in total. The molecule has 33 heavy (non-hydrogen) atoms. The van der Waals surface area contributed by atoms with Crippen molar-refractivity contribution in [2.75, 3.05) is 7.11 Å². The smallest absolute Gasteiger partial charge is 0.261 e. The largest absolute Gasteiger partial charge is 0.493 e. The lowest BCUT2D eigenvalue weighted by molar-refractivity contribution is 0.0631. The predicted octanol–water partition coefficient (Wildman–Crippen LogP) is 4.32. The van der Waals surface area contributed by atoms with Crippen LogP contribution in [0.3, 0.4) is 0 Å². The van der Waals surface area contributed by atoms with E-state index in [0.29, 0.717) is 22.9 Å². The Morgan fingerprint density at radius 1 is 1.06 bits per heavy atom. The van der Waals surface area contributed by atoms with Gasteiger partial charge in [-0.1, -0.05) is 12.1 Å². The van der Waals surface area contributed by atoms with Gasteiger partial charge in [-0.15, -0.1) is 0 Å². The molecule has 0 bridgehead atoms. The van der Waals surface area contributed by atoms with Crippen LogP contribution in [0.5, 0.6) is 5.75 Å². The highest BCUT2D eigenvalue weighted by atomic mass is 16.5. The fourth-order valence-corrected chi connectivity index (χ4v) is 3.92. The number of nitrogens with zero attached hydrogens (tertiary/aromatic N) is 1. The average Bonchev–Trinajstić information content (AvgIpc) is 3.55. The molecule has 0 saturated carbocycles. The second kappa shape index (κ2) is 7.98. The van der Waals surface area contributed by atoms with Gasteiger partial charge in [0.15, 0.2) is 11.3 Å². The lowest BCUT2D eigenvalue weighted by atomic mass is 10.0. The molecule has 0 fully saturated rings. The van der Waals surface area contributed by atoms with E-state index in [-0.39, 0.29) is 29.1 Å². The SMILES string of the molecule is COc1cccc2cc(C(C)NC(=O)c3ccc4c(c3)C(=O)N(Cc3ccco3)C4=O)oc12. The van der Waals surface area contributed by atoms with E-state index in [2.05, 4.69) is 5.32 Å². The topological polar surface area (TPSA) is 102 Å². The number of hydrogen-bond acceptors (Lipinski definition) is 6. The van der Waals surface area contributed by atoms with Gasteiger partial charge in [0.1, 0.15) is 11.5 Å². The van der Waals surface area contributed by atoms with Crippen LogP contribution >= 0.6 is 0 Å². The minimum Gasteiger partial charge on any atom is -0.493 e. The Hall–Kier alpha value is -4.33. The van der Waals surface area contributed by atoms with Crippen molar-refractivity contribution in [3.63, 3.8) is 0 Å². The summed E-state index contributed by atoms with van der Waals surface area (Å²) in [5.74, 6) is 0.417. The molecule has 2 aromatic heterocycles. The van der Waals surface area contributed by atoms with E-state index in [1.807, 2.05) is 18.2 Å². The highest BCUT2D eigenvalue weighted by Gasteiger charge is 2.36. The van der Waals surface area contributed by atoms with Crippen molar-refractivity contribution in [1.82, 2.24) is 10.2 Å². The molecule has 3 amide bonds. The van der Waals surface area contributed by atoms with Crippen LogP contribution in [0.2, 0.25) is 0 Å². The molecule has 0 aliphatic carbocycles. The summed E-state index contributed by atoms with van der Waals surface area (Å²) in [7, 11) is 1.57. The van der Waals surface area contributed by atoms with Crippen LogP contribution in [0.15, 0.2) is 69.7 Å². The van der Waals surface area contributed by atoms with Gasteiger partial charge in [0.05, 0.1) is 37.1 Å². The summed E-state index contributed by atoms with van der Waals surface area (Å²) >= 11 is 0. The van der Waals surface area contributed by atoms with Gasteiger partial charge in [0.2, 0.25) is 0 Å². The van der Waals surface area contributed by atoms with E-state index in [1.165, 1.54) is 24.5 Å². The predicted molar refractivity (Wildman–Crippen MR) is 118 cm³/mol. The van der Waals surface area contributed by atoms with Crippen LogP contribution in [0.1, 0.15) is 55.6 Å². The van der Waals surface area contributed by atoms with Crippen LogP contribution in [0, 0.1) is 0 Å². The summed E-state index contributed by atoms with van der Waals surface area (Å²) in [5.41, 5.74) is 1.34. The zero-order valence-electron chi connectivity index (χ0n) is 18.0. The van der Waals surface area contributed by atoms with E-state index in [0.717, 1.165) is 10.3 Å². The maximum Gasteiger partial charge on any atom is 0.261 e. The van der Waals surface area contributed by atoms with Crippen molar-refractivity contribution >= 4 is 28.7 Å². The van der Waals surface area contributed by atoms with Crippen LogP contribution in [0.25, 0.3) is 11.0 Å². The highest BCUT2D eigenvalue weighted by Crippen LogP contribution is 2.31. The fourth-order valence-electron chi connectivity index (χ4n) is 3.92. The first-order valence-corrected chi connectivity index (χ1v) is 10.4. The monoisotopic (exact) mass is 444 g/mol.